The topological polar surface area (TPSA) is 38.7 Å². The summed E-state index contributed by atoms with van der Waals surface area (Å²) in [4.78, 5) is 0. The van der Waals surface area contributed by atoms with Gasteiger partial charge < -0.3 is 14.6 Å². The highest BCUT2D eigenvalue weighted by atomic mass is 79.9. The zero-order chi connectivity index (χ0) is 14.3. The van der Waals surface area contributed by atoms with Gasteiger partial charge in [0.25, 0.3) is 0 Å². The first-order valence-electron chi connectivity index (χ1n) is 7.27. The van der Waals surface area contributed by atoms with Gasteiger partial charge in [-0.05, 0) is 18.1 Å². The Hall–Kier alpha value is -0.580. The van der Waals surface area contributed by atoms with Crippen LogP contribution in [0.1, 0.15) is 44.8 Å². The van der Waals surface area contributed by atoms with Crippen molar-refractivity contribution in [3.8, 4) is 5.75 Å². The number of aliphatic hydroxyl groups is 1. The quantitative estimate of drug-likeness (QED) is 0.844. The summed E-state index contributed by atoms with van der Waals surface area (Å²) in [6, 6.07) is 5.85. The molecule has 2 aliphatic heterocycles. The Labute approximate surface area is 128 Å². The number of benzene rings is 1. The summed E-state index contributed by atoms with van der Waals surface area (Å²) >= 11 is 3.47. The third-order valence-electron chi connectivity index (χ3n) is 4.43. The molecular formula is C16H21BrO3. The number of halogens is 1. The molecule has 3 nitrogen and oxygen atoms in total. The lowest BCUT2D eigenvalue weighted by Crippen LogP contribution is -2.49. The lowest BCUT2D eigenvalue weighted by Gasteiger charge is -2.46. The number of hydrogen-bond donors (Lipinski definition) is 1. The first-order chi connectivity index (χ1) is 9.49. The molecule has 1 spiro atoms. The highest BCUT2D eigenvalue weighted by Crippen LogP contribution is 2.46. The number of aliphatic hydroxyl groups excluding tert-OH is 1. The van der Waals surface area contributed by atoms with Crippen molar-refractivity contribution >= 4 is 15.9 Å². The molecule has 3 rings (SSSR count). The molecule has 0 radical (unpaired) electrons. The SMILES string of the molecule is CC(C)C1CC2(CCO1)C[C@H](O)c1ccc(Br)cc1O2. The predicted molar refractivity (Wildman–Crippen MR) is 80.9 cm³/mol. The van der Waals surface area contributed by atoms with E-state index in [9.17, 15) is 5.11 Å². The number of hydrogen-bond acceptors (Lipinski definition) is 3. The molecule has 0 aromatic heterocycles. The van der Waals surface area contributed by atoms with Gasteiger partial charge >= 0.3 is 0 Å². The summed E-state index contributed by atoms with van der Waals surface area (Å²) in [5, 5.41) is 10.5. The van der Waals surface area contributed by atoms with Gasteiger partial charge in [0, 0.05) is 29.3 Å². The van der Waals surface area contributed by atoms with Gasteiger partial charge in [0.2, 0.25) is 0 Å². The summed E-state index contributed by atoms with van der Waals surface area (Å²) in [6.07, 6.45) is 2.13. The summed E-state index contributed by atoms with van der Waals surface area (Å²) in [6.45, 7) is 5.06. The van der Waals surface area contributed by atoms with Crippen LogP contribution >= 0.6 is 15.9 Å². The second-order valence-electron chi connectivity index (χ2n) is 6.29. The zero-order valence-corrected chi connectivity index (χ0v) is 13.5. The van der Waals surface area contributed by atoms with E-state index in [4.69, 9.17) is 9.47 Å². The fourth-order valence-corrected chi connectivity index (χ4v) is 3.58. The fraction of sp³-hybridized carbons (Fsp3) is 0.625. The molecule has 1 aromatic rings. The lowest BCUT2D eigenvalue weighted by atomic mass is 9.79. The molecule has 110 valence electrons. The molecule has 4 heteroatoms. The van der Waals surface area contributed by atoms with Crippen LogP contribution in [0.15, 0.2) is 22.7 Å². The highest BCUT2D eigenvalue weighted by Gasteiger charge is 2.45. The smallest absolute Gasteiger partial charge is 0.127 e. The molecule has 1 N–H and O–H groups in total. The second-order valence-corrected chi connectivity index (χ2v) is 7.21. The van der Waals surface area contributed by atoms with E-state index in [2.05, 4.69) is 29.8 Å². The van der Waals surface area contributed by atoms with Crippen LogP contribution < -0.4 is 4.74 Å². The van der Waals surface area contributed by atoms with Gasteiger partial charge in [0.05, 0.1) is 18.8 Å². The van der Waals surface area contributed by atoms with Crippen molar-refractivity contribution in [2.24, 2.45) is 5.92 Å². The summed E-state index contributed by atoms with van der Waals surface area (Å²) in [5.41, 5.74) is 0.617. The molecule has 0 amide bonds. The van der Waals surface area contributed by atoms with Crippen molar-refractivity contribution in [3.63, 3.8) is 0 Å². The Morgan fingerprint density at radius 1 is 1.35 bits per heavy atom. The lowest BCUT2D eigenvalue weighted by molar-refractivity contribution is -0.127. The van der Waals surface area contributed by atoms with E-state index in [1.54, 1.807) is 0 Å². The van der Waals surface area contributed by atoms with Crippen molar-refractivity contribution < 1.29 is 14.6 Å². The largest absolute Gasteiger partial charge is 0.487 e. The van der Waals surface area contributed by atoms with E-state index in [-0.39, 0.29) is 11.7 Å². The Morgan fingerprint density at radius 2 is 2.15 bits per heavy atom. The third-order valence-corrected chi connectivity index (χ3v) is 4.93. The minimum Gasteiger partial charge on any atom is -0.487 e. The maximum Gasteiger partial charge on any atom is 0.127 e. The van der Waals surface area contributed by atoms with E-state index in [1.165, 1.54) is 0 Å². The summed E-state index contributed by atoms with van der Waals surface area (Å²) in [5.74, 6) is 1.28. The Kier molecular flexibility index (Phi) is 3.82. The van der Waals surface area contributed by atoms with Crippen molar-refractivity contribution in [3.05, 3.63) is 28.2 Å². The van der Waals surface area contributed by atoms with Crippen molar-refractivity contribution in [2.75, 3.05) is 6.61 Å². The minimum absolute atomic E-state index is 0.213. The molecule has 3 atom stereocenters. The second kappa shape index (κ2) is 5.32. The van der Waals surface area contributed by atoms with Crippen LogP contribution in [-0.4, -0.2) is 23.4 Å². The van der Waals surface area contributed by atoms with Crippen LogP contribution in [0.2, 0.25) is 0 Å². The van der Waals surface area contributed by atoms with Gasteiger partial charge in [-0.15, -0.1) is 0 Å². The molecule has 1 aromatic carbocycles. The molecule has 2 aliphatic rings. The van der Waals surface area contributed by atoms with Crippen molar-refractivity contribution in [1.29, 1.82) is 0 Å². The Morgan fingerprint density at radius 3 is 2.90 bits per heavy atom. The molecule has 2 unspecified atom stereocenters. The van der Waals surface area contributed by atoms with Crippen LogP contribution in [0.25, 0.3) is 0 Å². The third kappa shape index (κ3) is 2.61. The molecule has 2 heterocycles. The maximum absolute atomic E-state index is 10.5. The standard InChI is InChI=1S/C16H21BrO3/c1-10(2)15-9-16(5-6-19-15)8-13(18)12-4-3-11(17)7-14(12)20-16/h3-4,7,10,13,15,18H,5-6,8-9H2,1-2H3/t13-,15?,16?/m0/s1. The van der Waals surface area contributed by atoms with Crippen LogP contribution in [0.4, 0.5) is 0 Å². The normalized spacial score (nSPS) is 33.0. The van der Waals surface area contributed by atoms with Crippen LogP contribution in [0.5, 0.6) is 5.75 Å². The molecule has 0 saturated carbocycles. The fourth-order valence-electron chi connectivity index (χ4n) is 3.24. The van der Waals surface area contributed by atoms with E-state index < -0.39 is 6.10 Å². The number of rotatable bonds is 1. The van der Waals surface area contributed by atoms with Crippen molar-refractivity contribution in [1.82, 2.24) is 0 Å². The van der Waals surface area contributed by atoms with Crippen LogP contribution in [0, 0.1) is 5.92 Å². The first-order valence-corrected chi connectivity index (χ1v) is 8.06. The van der Waals surface area contributed by atoms with E-state index >= 15 is 0 Å². The monoisotopic (exact) mass is 340 g/mol. The highest BCUT2D eigenvalue weighted by molar-refractivity contribution is 9.10. The summed E-state index contributed by atoms with van der Waals surface area (Å²) in [7, 11) is 0. The first kappa shape index (κ1) is 14.4. The van der Waals surface area contributed by atoms with Crippen molar-refractivity contribution in [2.45, 2.75) is 50.9 Å². The van der Waals surface area contributed by atoms with E-state index in [0.29, 0.717) is 18.9 Å². The van der Waals surface area contributed by atoms with Gasteiger partial charge in [-0.3, -0.25) is 0 Å². The molecular weight excluding hydrogens is 320 g/mol. The maximum atomic E-state index is 10.5. The number of fused-ring (bicyclic) bond motifs is 1. The molecule has 0 bridgehead atoms. The van der Waals surface area contributed by atoms with E-state index in [1.807, 2.05) is 18.2 Å². The Bertz CT molecular complexity index is 502. The van der Waals surface area contributed by atoms with Crippen LogP contribution in [-0.2, 0) is 4.74 Å². The molecule has 20 heavy (non-hydrogen) atoms. The van der Waals surface area contributed by atoms with Crippen LogP contribution in [0.3, 0.4) is 0 Å². The van der Waals surface area contributed by atoms with Gasteiger partial charge in [-0.2, -0.15) is 0 Å². The minimum atomic E-state index is -0.447. The van der Waals surface area contributed by atoms with Gasteiger partial charge in [0.15, 0.2) is 0 Å². The zero-order valence-electron chi connectivity index (χ0n) is 11.9. The Balaban J connectivity index is 1.89. The van der Waals surface area contributed by atoms with E-state index in [0.717, 1.165) is 28.6 Å². The average molecular weight is 341 g/mol. The molecule has 0 aliphatic carbocycles. The average Bonchev–Trinajstić information content (AvgIpc) is 2.37. The van der Waals surface area contributed by atoms with Gasteiger partial charge in [-0.25, -0.2) is 0 Å². The van der Waals surface area contributed by atoms with Gasteiger partial charge in [0.1, 0.15) is 11.4 Å². The van der Waals surface area contributed by atoms with Gasteiger partial charge in [-0.1, -0.05) is 35.8 Å². The molecule has 1 fully saturated rings. The number of ether oxygens (including phenoxy) is 2. The predicted octanol–water partition coefficient (Wildman–Crippen LogP) is 3.84. The molecule has 1 saturated heterocycles. The summed E-state index contributed by atoms with van der Waals surface area (Å²) < 4.78 is 13.1.